The Morgan fingerprint density at radius 1 is 1.03 bits per heavy atom. The molecule has 3 rings (SSSR count). The molecule has 0 radical (unpaired) electrons. The van der Waals surface area contributed by atoms with E-state index in [9.17, 15) is 14.4 Å². The molecular formula is C28H32O6S. The Morgan fingerprint density at radius 2 is 1.80 bits per heavy atom. The van der Waals surface area contributed by atoms with E-state index in [1.54, 1.807) is 24.3 Å². The second-order valence-corrected chi connectivity index (χ2v) is 9.51. The zero-order valence-electron chi connectivity index (χ0n) is 20.3. The topological polar surface area (TPSA) is 78.9 Å². The van der Waals surface area contributed by atoms with Gasteiger partial charge in [0.15, 0.2) is 11.5 Å². The summed E-state index contributed by atoms with van der Waals surface area (Å²) in [5.41, 5.74) is -0.0209. The molecule has 1 aromatic heterocycles. The number of hydrogen-bond donors (Lipinski definition) is 0. The number of rotatable bonds is 13. The summed E-state index contributed by atoms with van der Waals surface area (Å²) in [6.45, 7) is 8.16. The lowest BCUT2D eigenvalue weighted by atomic mass is 10.0. The predicted molar refractivity (Wildman–Crippen MR) is 140 cm³/mol. The number of unbranched alkanes of at least 4 members (excludes halogenated alkanes) is 1. The number of fused-ring (bicyclic) bond motifs is 2. The third-order valence-electron chi connectivity index (χ3n) is 5.88. The van der Waals surface area contributed by atoms with E-state index in [4.69, 9.17) is 14.2 Å². The lowest BCUT2D eigenvalue weighted by Crippen LogP contribution is -2.30. The van der Waals surface area contributed by atoms with Crippen LogP contribution in [0.2, 0.25) is 0 Å². The van der Waals surface area contributed by atoms with E-state index in [1.807, 2.05) is 18.2 Å². The van der Waals surface area contributed by atoms with Crippen LogP contribution in [0, 0.1) is 5.92 Å². The molecule has 0 N–H and O–H groups in total. The highest BCUT2D eigenvalue weighted by Gasteiger charge is 2.21. The van der Waals surface area contributed by atoms with Gasteiger partial charge in [0.25, 0.3) is 0 Å². The Labute approximate surface area is 209 Å². The second-order valence-electron chi connectivity index (χ2n) is 8.42. The van der Waals surface area contributed by atoms with Crippen LogP contribution in [-0.4, -0.2) is 37.9 Å². The molecule has 2 atom stereocenters. The first kappa shape index (κ1) is 26.6. The van der Waals surface area contributed by atoms with Crippen LogP contribution in [0.25, 0.3) is 20.2 Å². The van der Waals surface area contributed by atoms with Crippen LogP contribution >= 0.6 is 11.3 Å². The Bertz CT molecular complexity index is 1230. The van der Waals surface area contributed by atoms with Gasteiger partial charge in [0.05, 0.1) is 17.6 Å². The van der Waals surface area contributed by atoms with Gasteiger partial charge in [-0.15, -0.1) is 11.3 Å². The maximum Gasteiger partial charge on any atom is 0.339 e. The lowest BCUT2D eigenvalue weighted by molar-refractivity contribution is -0.149. The number of hydrogen-bond acceptors (Lipinski definition) is 7. The van der Waals surface area contributed by atoms with Crippen molar-refractivity contribution in [3.8, 4) is 0 Å². The van der Waals surface area contributed by atoms with Gasteiger partial charge in [-0.05, 0) is 36.6 Å². The highest BCUT2D eigenvalue weighted by Crippen LogP contribution is 2.27. The van der Waals surface area contributed by atoms with Gasteiger partial charge in [-0.25, -0.2) is 9.59 Å². The molecule has 3 aromatic rings. The van der Waals surface area contributed by atoms with E-state index in [2.05, 4.69) is 20.4 Å². The molecule has 0 saturated carbocycles. The van der Waals surface area contributed by atoms with Crippen LogP contribution in [0.3, 0.4) is 0 Å². The Morgan fingerprint density at radius 3 is 2.54 bits per heavy atom. The van der Waals surface area contributed by atoms with E-state index in [0.29, 0.717) is 28.0 Å². The average molecular weight is 497 g/mol. The molecular weight excluding hydrogens is 464 g/mol. The van der Waals surface area contributed by atoms with Gasteiger partial charge in [0.1, 0.15) is 6.61 Å². The van der Waals surface area contributed by atoms with Crippen molar-refractivity contribution in [3.05, 3.63) is 70.9 Å². The van der Waals surface area contributed by atoms with Crippen LogP contribution in [-0.2, 0) is 19.0 Å². The number of carbonyl (C=O) groups is 2. The van der Waals surface area contributed by atoms with Gasteiger partial charge in [0.2, 0.25) is 0 Å². The molecule has 0 aliphatic carbocycles. The highest BCUT2D eigenvalue weighted by molar-refractivity contribution is 7.24. The molecule has 1 heterocycles. The summed E-state index contributed by atoms with van der Waals surface area (Å²) in [5, 5.41) is 0.892. The number of benzene rings is 2. The molecule has 35 heavy (non-hydrogen) atoms. The Balaban J connectivity index is 1.73. The van der Waals surface area contributed by atoms with Gasteiger partial charge >= 0.3 is 11.9 Å². The van der Waals surface area contributed by atoms with Gasteiger partial charge in [-0.2, -0.15) is 0 Å². The third kappa shape index (κ3) is 6.99. The normalized spacial score (nSPS) is 12.9. The average Bonchev–Trinajstić information content (AvgIpc) is 2.88. The van der Waals surface area contributed by atoms with Crippen LogP contribution in [0.15, 0.2) is 59.9 Å². The van der Waals surface area contributed by atoms with Crippen molar-refractivity contribution in [2.24, 2.45) is 5.92 Å². The molecule has 0 spiro atoms. The van der Waals surface area contributed by atoms with Gasteiger partial charge in [0, 0.05) is 27.5 Å². The summed E-state index contributed by atoms with van der Waals surface area (Å²) >= 11 is 1.45. The van der Waals surface area contributed by atoms with Crippen molar-refractivity contribution in [3.63, 3.8) is 0 Å². The molecule has 0 amide bonds. The molecule has 0 aliphatic rings. The van der Waals surface area contributed by atoms with Crippen molar-refractivity contribution in [2.45, 2.75) is 45.6 Å². The third-order valence-corrected chi connectivity index (χ3v) is 7.01. The largest absolute Gasteiger partial charge is 0.458 e. The summed E-state index contributed by atoms with van der Waals surface area (Å²) in [4.78, 5) is 37.9. The minimum Gasteiger partial charge on any atom is -0.458 e. The van der Waals surface area contributed by atoms with Gasteiger partial charge in [-0.1, -0.05) is 57.9 Å². The Kier molecular flexibility index (Phi) is 9.99. The zero-order chi connectivity index (χ0) is 25.2. The molecule has 0 saturated heterocycles. The molecule has 0 fully saturated rings. The van der Waals surface area contributed by atoms with E-state index >= 15 is 0 Å². The molecule has 2 unspecified atom stereocenters. The highest BCUT2D eigenvalue weighted by atomic mass is 32.1. The predicted octanol–water partition coefficient (Wildman–Crippen LogP) is 5.90. The lowest BCUT2D eigenvalue weighted by Gasteiger charge is -2.20. The second kappa shape index (κ2) is 13.2. The fraction of sp³-hybridized carbons (Fsp3) is 0.393. The first-order valence-electron chi connectivity index (χ1n) is 12.0. The van der Waals surface area contributed by atoms with Crippen molar-refractivity contribution in [1.82, 2.24) is 0 Å². The smallest absolute Gasteiger partial charge is 0.339 e. The molecule has 0 aliphatic heterocycles. The van der Waals surface area contributed by atoms with Crippen molar-refractivity contribution >= 4 is 43.4 Å². The number of carbonyl (C=O) groups excluding carboxylic acids is 2. The summed E-state index contributed by atoms with van der Waals surface area (Å²) in [6.07, 6.45) is 4.62. The minimum absolute atomic E-state index is 0.102. The molecule has 6 nitrogen and oxygen atoms in total. The number of ether oxygens (including phenoxy) is 3. The van der Waals surface area contributed by atoms with E-state index < -0.39 is 18.0 Å². The van der Waals surface area contributed by atoms with Crippen LogP contribution in [0.5, 0.6) is 0 Å². The van der Waals surface area contributed by atoms with Crippen LogP contribution in [0.4, 0.5) is 0 Å². The minimum atomic E-state index is -0.779. The van der Waals surface area contributed by atoms with Crippen molar-refractivity contribution in [1.29, 1.82) is 0 Å². The van der Waals surface area contributed by atoms with Gasteiger partial charge < -0.3 is 14.2 Å². The van der Waals surface area contributed by atoms with Crippen LogP contribution in [0.1, 0.15) is 49.9 Å². The summed E-state index contributed by atoms with van der Waals surface area (Å²) < 4.78 is 18.2. The zero-order valence-corrected chi connectivity index (χ0v) is 21.1. The van der Waals surface area contributed by atoms with E-state index in [0.717, 1.165) is 36.5 Å². The fourth-order valence-electron chi connectivity index (χ4n) is 3.86. The maximum atomic E-state index is 13.1. The van der Waals surface area contributed by atoms with Crippen molar-refractivity contribution < 1.29 is 23.8 Å². The molecule has 7 heteroatoms. The summed E-state index contributed by atoms with van der Waals surface area (Å²) in [5.74, 6) is -0.840. The first-order valence-corrected chi connectivity index (χ1v) is 12.8. The number of esters is 2. The molecule has 186 valence electrons. The quantitative estimate of drug-likeness (QED) is 0.166. The van der Waals surface area contributed by atoms with E-state index in [-0.39, 0.29) is 24.2 Å². The first-order chi connectivity index (χ1) is 17.0. The SMILES string of the molecule is C=CC(=O)OC(COCC(CC)CCCC)COC(=O)c1cccc2sc3ccccc3c(=O)c12. The monoisotopic (exact) mass is 496 g/mol. The molecule has 2 aromatic carbocycles. The van der Waals surface area contributed by atoms with Crippen LogP contribution < -0.4 is 5.43 Å². The Hall–Kier alpha value is -3.03. The standard InChI is InChI=1S/C28H32O6S/c1-4-7-11-19(5-2)16-32-17-20(34-25(29)6-3)18-33-28(31)22-13-10-15-24-26(22)27(30)21-12-8-9-14-23(21)35-24/h6,8-10,12-15,19-20H,3-5,7,11,16-18H2,1-2H3. The fourth-order valence-corrected chi connectivity index (χ4v) is 4.96. The van der Waals surface area contributed by atoms with Gasteiger partial charge in [-0.3, -0.25) is 4.79 Å². The summed E-state index contributed by atoms with van der Waals surface area (Å²) in [6, 6.07) is 12.4. The van der Waals surface area contributed by atoms with E-state index in [1.165, 1.54) is 11.3 Å². The molecule has 0 bridgehead atoms. The maximum absolute atomic E-state index is 13.1. The summed E-state index contributed by atoms with van der Waals surface area (Å²) in [7, 11) is 0. The van der Waals surface area contributed by atoms with Crippen molar-refractivity contribution in [2.75, 3.05) is 19.8 Å².